The molecule has 1 amide bonds. The molecule has 6 nitrogen and oxygen atoms in total. The van der Waals surface area contributed by atoms with Gasteiger partial charge in [0.15, 0.2) is 6.61 Å². The van der Waals surface area contributed by atoms with Crippen molar-refractivity contribution in [1.29, 1.82) is 0 Å². The molecule has 148 valence electrons. The Morgan fingerprint density at radius 2 is 1.90 bits per heavy atom. The van der Waals surface area contributed by atoms with Crippen LogP contribution < -0.4 is 5.32 Å². The second-order valence-corrected chi connectivity index (χ2v) is 7.12. The van der Waals surface area contributed by atoms with Gasteiger partial charge in [0.25, 0.3) is 5.91 Å². The second kappa shape index (κ2) is 8.31. The van der Waals surface area contributed by atoms with E-state index in [0.717, 1.165) is 30.4 Å². The Balaban J connectivity index is 1.41. The van der Waals surface area contributed by atoms with Crippen LogP contribution in [0.5, 0.6) is 0 Å². The molecule has 0 fully saturated rings. The van der Waals surface area contributed by atoms with Crippen LogP contribution in [-0.4, -0.2) is 23.6 Å². The van der Waals surface area contributed by atoms with E-state index in [-0.39, 0.29) is 24.1 Å². The fraction of sp³-hybridized carbons (Fsp3) is 0.261. The fourth-order valence-electron chi connectivity index (χ4n) is 3.75. The Morgan fingerprint density at radius 3 is 2.72 bits per heavy atom. The summed E-state index contributed by atoms with van der Waals surface area (Å²) in [7, 11) is 0. The summed E-state index contributed by atoms with van der Waals surface area (Å²) in [5.74, 6) is -0.590. The predicted molar refractivity (Wildman–Crippen MR) is 107 cm³/mol. The number of hydrogen-bond donors (Lipinski definition) is 1. The van der Waals surface area contributed by atoms with Gasteiger partial charge in [-0.05, 0) is 37.3 Å². The molecule has 4 rings (SSSR count). The Labute approximate surface area is 168 Å². The van der Waals surface area contributed by atoms with E-state index in [1.54, 1.807) is 6.92 Å². The molecule has 6 heteroatoms. The summed E-state index contributed by atoms with van der Waals surface area (Å²) in [5, 5.41) is 6.96. The monoisotopic (exact) mass is 390 g/mol. The van der Waals surface area contributed by atoms with Crippen LogP contribution >= 0.6 is 0 Å². The van der Waals surface area contributed by atoms with Crippen molar-refractivity contribution < 1.29 is 18.8 Å². The Bertz CT molecular complexity index is 1030. The van der Waals surface area contributed by atoms with Gasteiger partial charge in [0.2, 0.25) is 0 Å². The second-order valence-electron chi connectivity index (χ2n) is 7.12. The molecular weight excluding hydrogens is 368 g/mol. The van der Waals surface area contributed by atoms with Gasteiger partial charge in [-0.25, -0.2) is 4.79 Å². The van der Waals surface area contributed by atoms with Crippen LogP contribution in [0.15, 0.2) is 59.1 Å². The first-order valence-corrected chi connectivity index (χ1v) is 9.69. The zero-order valence-corrected chi connectivity index (χ0v) is 16.2. The van der Waals surface area contributed by atoms with E-state index in [2.05, 4.69) is 16.5 Å². The summed E-state index contributed by atoms with van der Waals surface area (Å²) < 4.78 is 10.5. The van der Waals surface area contributed by atoms with Gasteiger partial charge in [-0.15, -0.1) is 0 Å². The smallest absolute Gasteiger partial charge is 0.344 e. The van der Waals surface area contributed by atoms with E-state index < -0.39 is 5.97 Å². The zero-order chi connectivity index (χ0) is 20.2. The van der Waals surface area contributed by atoms with Gasteiger partial charge in [0.05, 0.1) is 6.04 Å². The van der Waals surface area contributed by atoms with Crippen molar-refractivity contribution in [2.45, 2.75) is 32.2 Å². The molecule has 0 bridgehead atoms. The van der Waals surface area contributed by atoms with Crippen molar-refractivity contribution >= 4 is 11.9 Å². The van der Waals surface area contributed by atoms with Crippen molar-refractivity contribution in [3.63, 3.8) is 0 Å². The van der Waals surface area contributed by atoms with Gasteiger partial charge in [0, 0.05) is 5.56 Å². The van der Waals surface area contributed by atoms with Crippen LogP contribution in [0.1, 0.15) is 46.1 Å². The van der Waals surface area contributed by atoms with E-state index in [9.17, 15) is 9.59 Å². The first-order chi connectivity index (χ1) is 14.1. The predicted octanol–water partition coefficient (Wildman–Crippen LogP) is 4.00. The maximum atomic E-state index is 12.6. The number of carbonyl (C=O) groups is 2. The minimum absolute atomic E-state index is 0.0524. The van der Waals surface area contributed by atoms with E-state index in [1.807, 2.05) is 48.5 Å². The number of nitrogens with one attached hydrogen (secondary N) is 1. The van der Waals surface area contributed by atoms with E-state index in [1.165, 1.54) is 5.56 Å². The lowest BCUT2D eigenvalue weighted by atomic mass is 9.88. The summed E-state index contributed by atoms with van der Waals surface area (Å²) >= 11 is 0. The zero-order valence-electron chi connectivity index (χ0n) is 16.2. The minimum atomic E-state index is -0.623. The fourth-order valence-corrected chi connectivity index (χ4v) is 3.75. The lowest BCUT2D eigenvalue weighted by molar-refractivity contribution is -0.125. The van der Waals surface area contributed by atoms with Crippen LogP contribution in [0, 0.1) is 6.92 Å². The highest BCUT2D eigenvalue weighted by Crippen LogP contribution is 2.29. The highest BCUT2D eigenvalue weighted by atomic mass is 16.5. The van der Waals surface area contributed by atoms with Crippen LogP contribution in [0.4, 0.5) is 0 Å². The number of fused-ring (bicyclic) bond motifs is 1. The molecule has 0 saturated heterocycles. The van der Waals surface area contributed by atoms with Gasteiger partial charge < -0.3 is 14.6 Å². The van der Waals surface area contributed by atoms with Gasteiger partial charge in [0.1, 0.15) is 17.0 Å². The number of aryl methyl sites for hydroxylation is 2. The number of aromatic nitrogens is 1. The molecule has 29 heavy (non-hydrogen) atoms. The van der Waals surface area contributed by atoms with Gasteiger partial charge >= 0.3 is 5.97 Å². The van der Waals surface area contributed by atoms with Crippen LogP contribution in [0.3, 0.4) is 0 Å². The maximum Gasteiger partial charge on any atom is 0.344 e. The summed E-state index contributed by atoms with van der Waals surface area (Å²) in [6.45, 7) is 1.30. The standard InChI is InChI=1S/C23H22N2O4/c1-15-21(22(25-29-15)17-9-3-2-4-10-17)23(27)28-14-20(26)24-19-13-7-11-16-8-5-6-12-18(16)19/h2-6,8-10,12,19H,7,11,13-14H2,1H3,(H,24,26). The maximum absolute atomic E-state index is 12.6. The van der Waals surface area contributed by atoms with E-state index >= 15 is 0 Å². The summed E-state index contributed by atoms with van der Waals surface area (Å²) in [4.78, 5) is 25.0. The highest BCUT2D eigenvalue weighted by Gasteiger charge is 2.25. The topological polar surface area (TPSA) is 81.4 Å². The number of hydrogen-bond acceptors (Lipinski definition) is 5. The first kappa shape index (κ1) is 18.9. The highest BCUT2D eigenvalue weighted by molar-refractivity contribution is 5.98. The molecule has 1 aliphatic rings. The largest absolute Gasteiger partial charge is 0.452 e. The summed E-state index contributed by atoms with van der Waals surface area (Å²) in [5.41, 5.74) is 3.80. The lowest BCUT2D eigenvalue weighted by Gasteiger charge is -2.26. The Hall–Kier alpha value is -3.41. The molecule has 0 spiro atoms. The Kier molecular flexibility index (Phi) is 5.42. The number of esters is 1. The van der Waals surface area contributed by atoms with E-state index in [4.69, 9.17) is 9.26 Å². The molecule has 1 atom stereocenters. The average Bonchev–Trinajstić information content (AvgIpc) is 3.14. The average molecular weight is 390 g/mol. The molecule has 1 heterocycles. The number of amides is 1. The number of nitrogens with zero attached hydrogens (tertiary/aromatic N) is 1. The van der Waals surface area contributed by atoms with Gasteiger partial charge in [-0.2, -0.15) is 0 Å². The van der Waals surface area contributed by atoms with Crippen molar-refractivity contribution in [2.24, 2.45) is 0 Å². The van der Waals surface area contributed by atoms with Gasteiger partial charge in [-0.3, -0.25) is 4.79 Å². The van der Waals surface area contributed by atoms with Crippen LogP contribution in [0.25, 0.3) is 11.3 Å². The quantitative estimate of drug-likeness (QED) is 0.666. The Morgan fingerprint density at radius 1 is 1.14 bits per heavy atom. The molecule has 1 aliphatic carbocycles. The molecule has 1 N–H and O–H groups in total. The normalized spacial score (nSPS) is 15.4. The van der Waals surface area contributed by atoms with Crippen LogP contribution in [0.2, 0.25) is 0 Å². The number of rotatable bonds is 5. The van der Waals surface area contributed by atoms with Crippen molar-refractivity contribution in [3.8, 4) is 11.3 Å². The van der Waals surface area contributed by atoms with Crippen molar-refractivity contribution in [1.82, 2.24) is 10.5 Å². The first-order valence-electron chi connectivity index (χ1n) is 9.69. The third kappa shape index (κ3) is 4.06. The molecular formula is C23H22N2O4. The summed E-state index contributed by atoms with van der Waals surface area (Å²) in [6, 6.07) is 17.3. The van der Waals surface area contributed by atoms with Crippen molar-refractivity contribution in [3.05, 3.63) is 77.0 Å². The minimum Gasteiger partial charge on any atom is -0.452 e. The molecule has 3 aromatic rings. The third-order valence-electron chi connectivity index (χ3n) is 5.15. The molecule has 0 radical (unpaired) electrons. The number of carbonyl (C=O) groups excluding carboxylic acids is 2. The number of ether oxygens (including phenoxy) is 1. The van der Waals surface area contributed by atoms with E-state index in [0.29, 0.717) is 11.5 Å². The third-order valence-corrected chi connectivity index (χ3v) is 5.15. The lowest BCUT2D eigenvalue weighted by Crippen LogP contribution is -2.34. The molecule has 2 aromatic carbocycles. The summed E-state index contributed by atoms with van der Waals surface area (Å²) in [6.07, 6.45) is 2.91. The van der Waals surface area contributed by atoms with Crippen molar-refractivity contribution in [2.75, 3.05) is 6.61 Å². The molecule has 0 saturated carbocycles. The SMILES string of the molecule is Cc1onc(-c2ccccc2)c1C(=O)OCC(=O)NC1CCCc2ccccc21. The van der Waals surface area contributed by atoms with Crippen LogP contribution in [-0.2, 0) is 16.0 Å². The molecule has 0 aliphatic heterocycles. The molecule has 1 aromatic heterocycles. The number of benzene rings is 2. The molecule has 1 unspecified atom stereocenters. The van der Waals surface area contributed by atoms with Gasteiger partial charge in [-0.1, -0.05) is 59.8 Å².